The van der Waals surface area contributed by atoms with Gasteiger partial charge in [0.15, 0.2) is 0 Å². The fourth-order valence-electron chi connectivity index (χ4n) is 4.00. The highest BCUT2D eigenvalue weighted by Gasteiger charge is 2.61. The van der Waals surface area contributed by atoms with E-state index in [1.54, 1.807) is 18.9 Å². The molecule has 7 heteroatoms. The molecule has 0 aliphatic carbocycles. The Hall–Kier alpha value is -1.63. The van der Waals surface area contributed by atoms with Crippen molar-refractivity contribution in [2.24, 2.45) is 11.3 Å². The zero-order valence-corrected chi connectivity index (χ0v) is 15.9. The number of carbonyl (C=O) groups excluding carboxylic acids is 3. The van der Waals surface area contributed by atoms with E-state index in [0.717, 1.165) is 0 Å². The summed E-state index contributed by atoms with van der Waals surface area (Å²) in [5, 5.41) is 10.3. The number of aliphatic hydroxyl groups excluding tert-OH is 1. The highest BCUT2D eigenvalue weighted by atomic mass is 16.5. The van der Waals surface area contributed by atoms with Gasteiger partial charge in [-0.05, 0) is 25.2 Å². The molecule has 2 saturated heterocycles. The second-order valence-electron chi connectivity index (χ2n) is 8.29. The molecule has 2 heterocycles. The molecule has 0 aromatic rings. The van der Waals surface area contributed by atoms with Crippen molar-refractivity contribution < 1.29 is 24.2 Å². The normalized spacial score (nSPS) is 26.2. The maximum absolute atomic E-state index is 12.4. The van der Waals surface area contributed by atoms with Crippen LogP contribution in [0.1, 0.15) is 47.0 Å². The number of amides is 2. The molecule has 2 rings (SSSR count). The first-order valence-corrected chi connectivity index (χ1v) is 8.93. The molecule has 7 nitrogen and oxygen atoms in total. The van der Waals surface area contributed by atoms with Gasteiger partial charge in [0.1, 0.15) is 12.0 Å². The molecule has 2 aliphatic rings. The Morgan fingerprint density at radius 1 is 1.28 bits per heavy atom. The number of hydrogen-bond acceptors (Lipinski definition) is 5. The Bertz CT molecular complexity index is 546. The highest BCUT2D eigenvalue weighted by Crippen LogP contribution is 2.43. The molecule has 2 amide bonds. The van der Waals surface area contributed by atoms with Gasteiger partial charge in [-0.3, -0.25) is 14.4 Å². The lowest BCUT2D eigenvalue weighted by Gasteiger charge is -2.46. The van der Waals surface area contributed by atoms with Crippen LogP contribution in [-0.2, 0) is 19.1 Å². The van der Waals surface area contributed by atoms with Crippen molar-refractivity contribution in [2.45, 2.75) is 58.6 Å². The third kappa shape index (κ3) is 3.66. The quantitative estimate of drug-likeness (QED) is 0.758. The predicted molar refractivity (Wildman–Crippen MR) is 91.5 cm³/mol. The van der Waals surface area contributed by atoms with Crippen LogP contribution in [0.2, 0.25) is 0 Å². The Balaban J connectivity index is 2.16. The predicted octanol–water partition coefficient (Wildman–Crippen LogP) is 0.796. The third-order valence-corrected chi connectivity index (χ3v) is 5.35. The lowest BCUT2D eigenvalue weighted by Crippen LogP contribution is -2.57. The van der Waals surface area contributed by atoms with Crippen LogP contribution in [0.5, 0.6) is 0 Å². The standard InChI is InChI=1S/C18H30N2O5/c1-6-25-16(24)13-14(22)15(23)19(5)18(13)7-9-20(10-8-18)12(21)11-17(2,3)4/h13-14,22H,6-11H2,1-5H3/t13-,14-/m1/s1. The average Bonchev–Trinajstić information content (AvgIpc) is 2.68. The zero-order valence-electron chi connectivity index (χ0n) is 15.9. The molecule has 0 radical (unpaired) electrons. The van der Waals surface area contributed by atoms with Crippen molar-refractivity contribution in [3.63, 3.8) is 0 Å². The highest BCUT2D eigenvalue weighted by molar-refractivity contribution is 5.92. The molecule has 0 saturated carbocycles. The van der Waals surface area contributed by atoms with Gasteiger partial charge in [-0.1, -0.05) is 20.8 Å². The van der Waals surface area contributed by atoms with Crippen LogP contribution in [0.3, 0.4) is 0 Å². The van der Waals surface area contributed by atoms with Crippen LogP contribution < -0.4 is 0 Å². The lowest BCUT2D eigenvalue weighted by atomic mass is 9.76. The maximum Gasteiger partial charge on any atom is 0.314 e. The van der Waals surface area contributed by atoms with Crippen LogP contribution >= 0.6 is 0 Å². The minimum absolute atomic E-state index is 0.0857. The van der Waals surface area contributed by atoms with Crippen molar-refractivity contribution in [3.05, 3.63) is 0 Å². The van der Waals surface area contributed by atoms with Crippen LogP contribution in [0.25, 0.3) is 0 Å². The van der Waals surface area contributed by atoms with E-state index in [4.69, 9.17) is 4.74 Å². The molecule has 0 aromatic carbocycles. The molecular formula is C18H30N2O5. The molecule has 1 spiro atoms. The van der Waals surface area contributed by atoms with Gasteiger partial charge in [-0.25, -0.2) is 0 Å². The number of rotatable bonds is 3. The number of aliphatic hydroxyl groups is 1. The molecule has 1 N–H and O–H groups in total. The first-order valence-electron chi connectivity index (χ1n) is 8.93. The first kappa shape index (κ1) is 19.7. The molecule has 25 heavy (non-hydrogen) atoms. The van der Waals surface area contributed by atoms with Crippen molar-refractivity contribution >= 4 is 17.8 Å². The number of hydrogen-bond donors (Lipinski definition) is 1. The third-order valence-electron chi connectivity index (χ3n) is 5.35. The molecular weight excluding hydrogens is 324 g/mol. The summed E-state index contributed by atoms with van der Waals surface area (Å²) in [6.07, 6.45) is 0.0108. The topological polar surface area (TPSA) is 87.2 Å². The minimum Gasteiger partial charge on any atom is -0.466 e. The van der Waals surface area contributed by atoms with E-state index in [1.165, 1.54) is 4.90 Å². The van der Waals surface area contributed by atoms with E-state index >= 15 is 0 Å². The summed E-state index contributed by atoms with van der Waals surface area (Å²) in [5.74, 6) is -1.80. The van der Waals surface area contributed by atoms with Crippen molar-refractivity contribution in [1.82, 2.24) is 9.80 Å². The second-order valence-corrected chi connectivity index (χ2v) is 8.29. The molecule has 2 aliphatic heterocycles. The van der Waals surface area contributed by atoms with E-state index in [1.807, 2.05) is 20.8 Å². The molecule has 2 fully saturated rings. The van der Waals surface area contributed by atoms with E-state index in [-0.39, 0.29) is 17.9 Å². The maximum atomic E-state index is 12.4. The number of carbonyl (C=O) groups is 3. The van der Waals surface area contributed by atoms with Gasteiger partial charge < -0.3 is 19.6 Å². The summed E-state index contributed by atoms with van der Waals surface area (Å²) in [4.78, 5) is 40.4. The average molecular weight is 354 g/mol. The van der Waals surface area contributed by atoms with E-state index in [9.17, 15) is 19.5 Å². The fourth-order valence-corrected chi connectivity index (χ4v) is 4.00. The molecule has 2 atom stereocenters. The number of esters is 1. The molecule has 0 aromatic heterocycles. The molecule has 0 bridgehead atoms. The Kier molecular flexibility index (Phi) is 5.47. The van der Waals surface area contributed by atoms with E-state index in [0.29, 0.717) is 32.4 Å². The van der Waals surface area contributed by atoms with Gasteiger partial charge in [0, 0.05) is 26.6 Å². The fraction of sp³-hybridized carbons (Fsp3) is 0.833. The van der Waals surface area contributed by atoms with Crippen LogP contribution in [0.15, 0.2) is 0 Å². The molecule has 142 valence electrons. The van der Waals surface area contributed by atoms with Gasteiger partial charge in [0.2, 0.25) is 5.91 Å². The van der Waals surface area contributed by atoms with Gasteiger partial charge in [0.05, 0.1) is 12.1 Å². The first-order chi connectivity index (χ1) is 11.5. The van der Waals surface area contributed by atoms with Gasteiger partial charge in [-0.2, -0.15) is 0 Å². The Labute approximate surface area is 149 Å². The zero-order chi connectivity index (χ0) is 19.0. The smallest absolute Gasteiger partial charge is 0.314 e. The van der Waals surface area contributed by atoms with Gasteiger partial charge in [0.25, 0.3) is 5.91 Å². The summed E-state index contributed by atoms with van der Waals surface area (Å²) in [6.45, 7) is 8.90. The summed E-state index contributed by atoms with van der Waals surface area (Å²) < 4.78 is 5.10. The number of ether oxygens (including phenoxy) is 1. The number of likely N-dealkylation sites (N-methyl/N-ethyl adjacent to an activating group) is 1. The Morgan fingerprint density at radius 2 is 1.84 bits per heavy atom. The van der Waals surface area contributed by atoms with Crippen molar-refractivity contribution in [2.75, 3.05) is 26.7 Å². The van der Waals surface area contributed by atoms with Gasteiger partial charge in [-0.15, -0.1) is 0 Å². The van der Waals surface area contributed by atoms with E-state index < -0.39 is 29.4 Å². The summed E-state index contributed by atoms with van der Waals surface area (Å²) in [7, 11) is 1.62. The van der Waals surface area contributed by atoms with E-state index in [2.05, 4.69) is 0 Å². The number of nitrogens with zero attached hydrogens (tertiary/aromatic N) is 2. The van der Waals surface area contributed by atoms with Crippen molar-refractivity contribution in [1.29, 1.82) is 0 Å². The Morgan fingerprint density at radius 3 is 2.32 bits per heavy atom. The SMILES string of the molecule is CCOC(=O)[C@H]1[C@@H](O)C(=O)N(C)C12CCN(C(=O)CC(C)(C)C)CC2. The van der Waals surface area contributed by atoms with Crippen LogP contribution in [0.4, 0.5) is 0 Å². The number of piperidine rings is 1. The minimum atomic E-state index is -1.37. The monoisotopic (exact) mass is 354 g/mol. The van der Waals surface area contributed by atoms with Crippen LogP contribution in [-0.4, -0.2) is 71.1 Å². The number of likely N-dealkylation sites (tertiary alicyclic amines) is 2. The summed E-state index contributed by atoms with van der Waals surface area (Å²) in [5.41, 5.74) is -0.864. The van der Waals surface area contributed by atoms with Crippen LogP contribution in [0, 0.1) is 11.3 Å². The second kappa shape index (κ2) is 6.94. The largest absolute Gasteiger partial charge is 0.466 e. The lowest BCUT2D eigenvalue weighted by molar-refractivity contribution is -0.156. The van der Waals surface area contributed by atoms with Crippen molar-refractivity contribution in [3.8, 4) is 0 Å². The summed E-state index contributed by atoms with van der Waals surface area (Å²) >= 11 is 0. The van der Waals surface area contributed by atoms with Gasteiger partial charge >= 0.3 is 5.97 Å². The summed E-state index contributed by atoms with van der Waals surface area (Å²) in [6, 6.07) is 0. The molecule has 0 unspecified atom stereocenters.